The van der Waals surface area contributed by atoms with E-state index in [1.165, 1.54) is 0 Å². The molecular formula is C20H14BrCl5MgN6. The second-order valence-corrected chi connectivity index (χ2v) is 7.27. The molecule has 0 radical (unpaired) electrons. The monoisotopic (exact) mass is 616 g/mol. The molecule has 2 aromatic heterocycles. The van der Waals surface area contributed by atoms with Crippen LogP contribution in [0.3, 0.4) is 0 Å². The van der Waals surface area contributed by atoms with Crippen molar-refractivity contribution in [2.24, 2.45) is 0 Å². The van der Waals surface area contributed by atoms with E-state index in [0.717, 1.165) is 11.1 Å². The normalized spacial score (nSPS) is 9.12. The maximum absolute atomic E-state index is 5.67. The summed E-state index contributed by atoms with van der Waals surface area (Å²) in [5.41, 5.74) is 2.18. The van der Waals surface area contributed by atoms with Crippen molar-refractivity contribution >= 4 is 81.1 Å². The average Bonchev–Trinajstić information content (AvgIpc) is 2.68. The van der Waals surface area contributed by atoms with E-state index in [1.807, 2.05) is 60.7 Å². The number of aromatic nitrogens is 6. The third-order valence-electron chi connectivity index (χ3n) is 3.23. The van der Waals surface area contributed by atoms with E-state index in [0.29, 0.717) is 12.2 Å². The molecule has 33 heavy (non-hydrogen) atoms. The van der Waals surface area contributed by atoms with E-state index in [4.69, 9.17) is 58.0 Å². The Morgan fingerprint density at radius 1 is 0.545 bits per heavy atom. The van der Waals surface area contributed by atoms with Crippen LogP contribution in [-0.4, -0.2) is 53.0 Å². The molecule has 0 amide bonds. The van der Waals surface area contributed by atoms with Gasteiger partial charge in [-0.15, -0.1) is 12.1 Å². The van der Waals surface area contributed by atoms with Gasteiger partial charge in [-0.1, -0.05) is 36.4 Å². The Labute approximate surface area is 243 Å². The topological polar surface area (TPSA) is 77.3 Å². The van der Waals surface area contributed by atoms with Crippen molar-refractivity contribution in [3.63, 3.8) is 0 Å². The molecule has 0 saturated carbocycles. The van der Waals surface area contributed by atoms with Crippen molar-refractivity contribution in [1.82, 2.24) is 29.9 Å². The molecule has 0 aliphatic heterocycles. The van der Waals surface area contributed by atoms with Crippen LogP contribution in [0.4, 0.5) is 0 Å². The Bertz CT molecular complexity index is 1030. The number of nitrogens with zero attached hydrogens (tertiary/aromatic N) is 6. The summed E-state index contributed by atoms with van der Waals surface area (Å²) in [5.74, 6) is 0.575. The number of hydrogen-bond acceptors (Lipinski definition) is 6. The van der Waals surface area contributed by atoms with Crippen LogP contribution >= 0.6 is 58.0 Å². The van der Waals surface area contributed by atoms with Crippen molar-refractivity contribution in [2.45, 2.75) is 6.42 Å². The van der Waals surface area contributed by atoms with Gasteiger partial charge in [-0.25, -0.2) is 9.97 Å². The van der Waals surface area contributed by atoms with Crippen LogP contribution in [0.25, 0.3) is 0 Å². The Hall–Kier alpha value is -0.974. The fourth-order valence-electron chi connectivity index (χ4n) is 2.00. The minimum Gasteiger partial charge on any atom is -1.00 e. The number of halogens is 6. The molecule has 4 aromatic rings. The number of benzene rings is 2. The molecule has 4 rings (SSSR count). The van der Waals surface area contributed by atoms with Gasteiger partial charge in [0.2, 0.25) is 26.4 Å². The van der Waals surface area contributed by atoms with Crippen molar-refractivity contribution in [3.8, 4) is 0 Å². The van der Waals surface area contributed by atoms with Gasteiger partial charge in [-0.05, 0) is 63.6 Å². The first kappa shape index (κ1) is 32.0. The van der Waals surface area contributed by atoms with E-state index >= 15 is 0 Å². The maximum Gasteiger partial charge on any atom is 2.00 e. The smallest absolute Gasteiger partial charge is 1.00 e. The van der Waals surface area contributed by atoms with Gasteiger partial charge in [-0.2, -0.15) is 44.6 Å². The van der Waals surface area contributed by atoms with Gasteiger partial charge in [0.1, 0.15) is 5.82 Å². The van der Waals surface area contributed by atoms with Crippen LogP contribution in [0.2, 0.25) is 26.4 Å². The molecule has 0 saturated heterocycles. The van der Waals surface area contributed by atoms with Crippen molar-refractivity contribution in [1.29, 1.82) is 0 Å². The third kappa shape index (κ3) is 14.1. The Kier molecular flexibility index (Phi) is 16.9. The van der Waals surface area contributed by atoms with Crippen molar-refractivity contribution < 1.29 is 17.0 Å². The molecule has 0 bridgehead atoms. The van der Waals surface area contributed by atoms with E-state index in [2.05, 4.69) is 36.8 Å². The molecule has 0 aliphatic rings. The summed E-state index contributed by atoms with van der Waals surface area (Å²) >= 11 is 27.3. The molecule has 0 fully saturated rings. The minimum absolute atomic E-state index is 0. The molecule has 0 spiro atoms. The van der Waals surface area contributed by atoms with E-state index in [9.17, 15) is 0 Å². The third-order valence-corrected chi connectivity index (χ3v) is 4.07. The SMILES string of the molecule is Clc1nc(Cl)nc(Cc2ccccc2)n1.Clc1nc(Cl)nc(Cl)n1.[Br-].[CH2-]c1ccccc1.[Mg+2]. The van der Waals surface area contributed by atoms with Crippen LogP contribution in [0, 0.1) is 6.92 Å². The van der Waals surface area contributed by atoms with Gasteiger partial charge in [0.15, 0.2) is 0 Å². The van der Waals surface area contributed by atoms with Gasteiger partial charge >= 0.3 is 23.1 Å². The molecule has 0 unspecified atom stereocenters. The number of hydrogen-bond donors (Lipinski definition) is 0. The van der Waals surface area contributed by atoms with Gasteiger partial charge in [-0.3, -0.25) is 0 Å². The first-order valence-electron chi connectivity index (χ1n) is 8.51. The molecule has 168 valence electrons. The Balaban J connectivity index is 0.000000491. The number of rotatable bonds is 2. The fraction of sp³-hybridized carbons (Fsp3) is 0.0500. The molecule has 0 atom stereocenters. The van der Waals surface area contributed by atoms with Gasteiger partial charge in [0.25, 0.3) is 0 Å². The summed E-state index contributed by atoms with van der Waals surface area (Å²) in [7, 11) is 0. The van der Waals surface area contributed by atoms with Crippen LogP contribution in [0.1, 0.15) is 17.0 Å². The quantitative estimate of drug-likeness (QED) is 0.254. The van der Waals surface area contributed by atoms with Crippen LogP contribution in [-0.2, 0) is 6.42 Å². The van der Waals surface area contributed by atoms with Crippen LogP contribution < -0.4 is 17.0 Å². The van der Waals surface area contributed by atoms with Gasteiger partial charge in [0.05, 0.1) is 0 Å². The van der Waals surface area contributed by atoms with Crippen LogP contribution in [0.5, 0.6) is 0 Å². The van der Waals surface area contributed by atoms with E-state index in [1.54, 1.807) is 0 Å². The van der Waals surface area contributed by atoms with E-state index in [-0.39, 0.29) is 66.5 Å². The predicted molar refractivity (Wildman–Crippen MR) is 131 cm³/mol. The maximum atomic E-state index is 5.67. The zero-order chi connectivity index (χ0) is 22.6. The Morgan fingerprint density at radius 3 is 1.21 bits per heavy atom. The largest absolute Gasteiger partial charge is 2.00 e. The van der Waals surface area contributed by atoms with Crippen LogP contribution in [0.15, 0.2) is 60.7 Å². The first-order valence-corrected chi connectivity index (χ1v) is 10.4. The van der Waals surface area contributed by atoms with Crippen molar-refractivity contribution in [3.05, 3.63) is 111 Å². The summed E-state index contributed by atoms with van der Waals surface area (Å²) in [4.78, 5) is 22.0. The van der Waals surface area contributed by atoms with Gasteiger partial charge < -0.3 is 17.0 Å². The van der Waals surface area contributed by atoms with Crippen molar-refractivity contribution in [2.75, 3.05) is 0 Å². The summed E-state index contributed by atoms with van der Waals surface area (Å²) in [5, 5.41) is 0.252. The second-order valence-electron chi connectivity index (χ2n) is 5.58. The summed E-state index contributed by atoms with van der Waals surface area (Å²) < 4.78 is 0. The molecular weight excluding hydrogens is 606 g/mol. The molecule has 0 N–H and O–H groups in total. The Morgan fingerprint density at radius 2 is 0.879 bits per heavy atom. The summed E-state index contributed by atoms with van der Waals surface area (Å²) in [6, 6.07) is 19.7. The summed E-state index contributed by atoms with van der Waals surface area (Å²) in [6.07, 6.45) is 0.600. The second kappa shape index (κ2) is 17.5. The fourth-order valence-corrected chi connectivity index (χ4v) is 3.01. The summed E-state index contributed by atoms with van der Waals surface area (Å²) in [6.45, 7) is 3.72. The predicted octanol–water partition coefficient (Wildman–Crippen LogP) is 3.09. The molecule has 6 nitrogen and oxygen atoms in total. The zero-order valence-electron chi connectivity index (χ0n) is 16.8. The first-order chi connectivity index (χ1) is 14.8. The molecule has 2 heterocycles. The minimum atomic E-state index is 0. The molecule has 13 heteroatoms. The average molecular weight is 620 g/mol. The molecule has 0 aliphatic carbocycles. The van der Waals surface area contributed by atoms with E-state index < -0.39 is 0 Å². The molecule has 2 aromatic carbocycles. The standard InChI is InChI=1S/C10H7Cl2N3.C7H7.C3Cl3N3.BrH.Mg/c11-9-13-8(14-10(12)15-9)6-7-4-2-1-3-5-7;1-7-5-3-2-4-6-7;4-1-7-2(5)9-3(6)8-1;;/h1-5H,6H2;2-6H,1H2;;1H;/q;-1;;;+2/p-1. The van der Waals surface area contributed by atoms with Gasteiger partial charge in [0, 0.05) is 6.42 Å². The zero-order valence-corrected chi connectivity index (χ0v) is 23.6.